The molecule has 0 fully saturated rings. The van der Waals surface area contributed by atoms with Gasteiger partial charge in [0.25, 0.3) is 0 Å². The number of hydrogen-bond acceptors (Lipinski definition) is 3. The van der Waals surface area contributed by atoms with Crippen molar-refractivity contribution in [2.75, 3.05) is 13.2 Å². The van der Waals surface area contributed by atoms with E-state index in [0.29, 0.717) is 0 Å². The number of hydrogen-bond donors (Lipinski definition) is 3. The first-order valence-corrected chi connectivity index (χ1v) is 4.86. The Morgan fingerprint density at radius 3 is 2.43 bits per heavy atom. The molecule has 0 aliphatic heterocycles. The summed E-state index contributed by atoms with van der Waals surface area (Å²) in [7, 11) is 0. The van der Waals surface area contributed by atoms with E-state index in [9.17, 15) is 5.11 Å². The quantitative estimate of drug-likeness (QED) is 0.648. The summed E-state index contributed by atoms with van der Waals surface area (Å²) in [5.41, 5.74) is 0.996. The van der Waals surface area contributed by atoms with E-state index in [4.69, 9.17) is 5.11 Å². The molecule has 0 radical (unpaired) electrons. The van der Waals surface area contributed by atoms with Crippen LogP contribution in [0.15, 0.2) is 30.3 Å². The van der Waals surface area contributed by atoms with Gasteiger partial charge in [-0.15, -0.1) is 0 Å². The van der Waals surface area contributed by atoms with Crippen LogP contribution in [-0.4, -0.2) is 29.5 Å². The molecule has 3 heteroatoms. The highest BCUT2D eigenvalue weighted by molar-refractivity contribution is 5.20. The second kappa shape index (κ2) is 5.75. The molecular formula is C11H17NO2. The fourth-order valence-corrected chi connectivity index (χ4v) is 1.46. The van der Waals surface area contributed by atoms with Gasteiger partial charge in [-0.3, -0.25) is 0 Å². The number of aliphatic hydroxyl groups is 2. The van der Waals surface area contributed by atoms with Crippen LogP contribution in [0, 0.1) is 0 Å². The van der Waals surface area contributed by atoms with Gasteiger partial charge in [-0.1, -0.05) is 37.3 Å². The number of likely N-dealkylation sites (N-methyl/N-ethyl adjacent to an activating group) is 1. The van der Waals surface area contributed by atoms with Gasteiger partial charge in [0.15, 0.2) is 0 Å². The van der Waals surface area contributed by atoms with Crippen LogP contribution in [0.25, 0.3) is 0 Å². The molecule has 0 unspecified atom stereocenters. The molecule has 1 aromatic rings. The molecule has 78 valence electrons. The predicted octanol–water partition coefficient (Wildman–Crippen LogP) is 0.690. The summed E-state index contributed by atoms with van der Waals surface area (Å²) in [5.74, 6) is 0. The maximum Gasteiger partial charge on any atom is 0.0965 e. The molecule has 1 aromatic carbocycles. The van der Waals surface area contributed by atoms with Crippen molar-refractivity contribution < 1.29 is 10.2 Å². The first-order valence-electron chi connectivity index (χ1n) is 4.86. The highest BCUT2D eigenvalue weighted by atomic mass is 16.3. The maximum absolute atomic E-state index is 9.59. The van der Waals surface area contributed by atoms with E-state index >= 15 is 0 Å². The van der Waals surface area contributed by atoms with Crippen molar-refractivity contribution in [3.8, 4) is 0 Å². The zero-order valence-corrected chi connectivity index (χ0v) is 8.35. The molecule has 0 aliphatic carbocycles. The van der Waals surface area contributed by atoms with Crippen LogP contribution in [0.5, 0.6) is 0 Å². The molecule has 0 aliphatic rings. The Morgan fingerprint density at radius 2 is 1.93 bits per heavy atom. The lowest BCUT2D eigenvalue weighted by atomic mass is 10.0. The molecule has 3 nitrogen and oxygen atoms in total. The van der Waals surface area contributed by atoms with Crippen LogP contribution in [0.2, 0.25) is 0 Å². The Labute approximate surface area is 84.4 Å². The summed E-state index contributed by atoms with van der Waals surface area (Å²) in [5, 5.41) is 21.6. The molecule has 0 heterocycles. The summed E-state index contributed by atoms with van der Waals surface area (Å²) in [6.45, 7) is 2.50. The van der Waals surface area contributed by atoms with Crippen LogP contribution in [0.4, 0.5) is 0 Å². The molecule has 2 atom stereocenters. The molecule has 3 N–H and O–H groups in total. The van der Waals surface area contributed by atoms with Gasteiger partial charge < -0.3 is 15.5 Å². The fraction of sp³-hybridized carbons (Fsp3) is 0.455. The lowest BCUT2D eigenvalue weighted by Gasteiger charge is -2.22. The SMILES string of the molecule is CCN[C@@H](c1ccccc1)[C@H](O)CO. The van der Waals surface area contributed by atoms with Crippen molar-refractivity contribution in [2.45, 2.75) is 19.1 Å². The number of rotatable bonds is 5. The summed E-state index contributed by atoms with van der Waals surface area (Å²) in [6.07, 6.45) is -0.752. The summed E-state index contributed by atoms with van der Waals surface area (Å²) >= 11 is 0. The Hall–Kier alpha value is -0.900. The Morgan fingerprint density at radius 1 is 1.29 bits per heavy atom. The average molecular weight is 195 g/mol. The Balaban J connectivity index is 2.77. The van der Waals surface area contributed by atoms with Crippen LogP contribution in [0.3, 0.4) is 0 Å². The minimum Gasteiger partial charge on any atom is -0.394 e. The smallest absolute Gasteiger partial charge is 0.0965 e. The van der Waals surface area contributed by atoms with Gasteiger partial charge in [0.1, 0.15) is 0 Å². The summed E-state index contributed by atoms with van der Waals surface area (Å²) < 4.78 is 0. The third-order valence-electron chi connectivity index (χ3n) is 2.15. The van der Waals surface area contributed by atoms with Crippen molar-refractivity contribution in [1.82, 2.24) is 5.32 Å². The zero-order chi connectivity index (χ0) is 10.4. The van der Waals surface area contributed by atoms with Gasteiger partial charge in [-0.2, -0.15) is 0 Å². The third-order valence-corrected chi connectivity index (χ3v) is 2.15. The Kier molecular flexibility index (Phi) is 4.59. The number of aliphatic hydroxyl groups excluding tert-OH is 2. The maximum atomic E-state index is 9.59. The van der Waals surface area contributed by atoms with E-state index in [0.717, 1.165) is 12.1 Å². The zero-order valence-electron chi connectivity index (χ0n) is 8.35. The van der Waals surface area contributed by atoms with Crippen LogP contribution < -0.4 is 5.32 Å². The molecule has 0 amide bonds. The second-order valence-corrected chi connectivity index (χ2v) is 3.20. The van der Waals surface area contributed by atoms with Gasteiger partial charge in [0.05, 0.1) is 18.8 Å². The van der Waals surface area contributed by atoms with Gasteiger partial charge >= 0.3 is 0 Å². The topological polar surface area (TPSA) is 52.5 Å². The number of benzene rings is 1. The van der Waals surface area contributed by atoms with E-state index in [-0.39, 0.29) is 12.6 Å². The standard InChI is InChI=1S/C11H17NO2/c1-2-12-11(10(14)8-13)9-6-4-3-5-7-9/h3-7,10-14H,2,8H2,1H3/t10-,11+/m1/s1. The molecule has 0 spiro atoms. The predicted molar refractivity (Wildman–Crippen MR) is 56.0 cm³/mol. The van der Waals surface area contributed by atoms with Gasteiger partial charge in [-0.05, 0) is 12.1 Å². The Bertz CT molecular complexity index is 251. The number of nitrogens with one attached hydrogen (secondary N) is 1. The monoisotopic (exact) mass is 195 g/mol. The van der Waals surface area contributed by atoms with E-state index in [1.807, 2.05) is 37.3 Å². The normalized spacial score (nSPS) is 15.1. The highest BCUT2D eigenvalue weighted by Crippen LogP contribution is 2.16. The highest BCUT2D eigenvalue weighted by Gasteiger charge is 2.18. The minimum atomic E-state index is -0.752. The van der Waals surface area contributed by atoms with Gasteiger partial charge in [-0.25, -0.2) is 0 Å². The van der Waals surface area contributed by atoms with Crippen molar-refractivity contribution >= 4 is 0 Å². The minimum absolute atomic E-state index is 0.189. The van der Waals surface area contributed by atoms with E-state index < -0.39 is 6.10 Å². The lowest BCUT2D eigenvalue weighted by Crippen LogP contribution is -2.34. The van der Waals surface area contributed by atoms with Crippen molar-refractivity contribution in [2.24, 2.45) is 0 Å². The first-order chi connectivity index (χ1) is 6.79. The van der Waals surface area contributed by atoms with Crippen molar-refractivity contribution in [3.05, 3.63) is 35.9 Å². The van der Waals surface area contributed by atoms with Crippen molar-refractivity contribution in [3.63, 3.8) is 0 Å². The third kappa shape index (κ3) is 2.80. The molecule has 0 saturated carbocycles. The van der Waals surface area contributed by atoms with Gasteiger partial charge in [0, 0.05) is 0 Å². The largest absolute Gasteiger partial charge is 0.394 e. The molecule has 14 heavy (non-hydrogen) atoms. The molecule has 1 rings (SSSR count). The van der Waals surface area contributed by atoms with E-state index in [2.05, 4.69) is 5.32 Å². The average Bonchev–Trinajstić information content (AvgIpc) is 2.26. The molecular weight excluding hydrogens is 178 g/mol. The van der Waals surface area contributed by atoms with Gasteiger partial charge in [0.2, 0.25) is 0 Å². The summed E-state index contributed by atoms with van der Waals surface area (Å²) in [6, 6.07) is 9.45. The first kappa shape index (κ1) is 11.2. The molecule has 0 bridgehead atoms. The van der Waals surface area contributed by atoms with Crippen LogP contribution >= 0.6 is 0 Å². The second-order valence-electron chi connectivity index (χ2n) is 3.20. The summed E-state index contributed by atoms with van der Waals surface area (Å²) in [4.78, 5) is 0. The molecule has 0 saturated heterocycles. The fourth-order valence-electron chi connectivity index (χ4n) is 1.46. The molecule has 0 aromatic heterocycles. The van der Waals surface area contributed by atoms with E-state index in [1.165, 1.54) is 0 Å². The lowest BCUT2D eigenvalue weighted by molar-refractivity contribution is 0.0630. The van der Waals surface area contributed by atoms with Crippen LogP contribution in [0.1, 0.15) is 18.5 Å². The van der Waals surface area contributed by atoms with E-state index in [1.54, 1.807) is 0 Å². The van der Waals surface area contributed by atoms with Crippen molar-refractivity contribution in [1.29, 1.82) is 0 Å². The van der Waals surface area contributed by atoms with Crippen LogP contribution in [-0.2, 0) is 0 Å².